The van der Waals surface area contributed by atoms with E-state index in [0.29, 0.717) is 77.7 Å². The van der Waals surface area contributed by atoms with Crippen LogP contribution in [0.5, 0.6) is 0 Å². The molecular formula is C40H54N6O4. The Hall–Kier alpha value is -4.44. The zero-order chi connectivity index (χ0) is 35.3. The van der Waals surface area contributed by atoms with Gasteiger partial charge in [0.2, 0.25) is 17.7 Å². The molecule has 5 amide bonds. The number of hydrogen-bond acceptors (Lipinski definition) is 5. The topological polar surface area (TPSA) is 137 Å². The molecule has 5 N–H and O–H groups in total. The summed E-state index contributed by atoms with van der Waals surface area (Å²) < 4.78 is 0. The number of amides is 5. The number of likely N-dealkylation sites (tertiary alicyclic amines) is 2. The average Bonchev–Trinajstić information content (AvgIpc) is 3.13. The first-order chi connectivity index (χ1) is 24.3. The van der Waals surface area contributed by atoms with Gasteiger partial charge in [-0.15, -0.1) is 0 Å². The third kappa shape index (κ3) is 9.84. The van der Waals surface area contributed by atoms with Gasteiger partial charge in [-0.25, -0.2) is 4.79 Å². The standard InChI is InChI=1S/C40H54N6O4/c1-2-42-38(49)40(28-30-12-5-3-6-13-30)21-11-23-46(29-40)37(48)35(27-31-17-18-32-14-8-9-15-33(32)26-31)44-39(50)45-24-19-34(20-25-45)43-36(47)16-7-4-10-22-41/h3,5-6,8-9,12-15,17-18,26,34-35H,2,4,7,10-11,16,19-25,27-29,41H2,1H3,(H,42,49)(H,43,47)(H,44,50)/t35-,40+/m1/s1. The van der Waals surface area contributed by atoms with Gasteiger partial charge in [0.15, 0.2) is 0 Å². The lowest BCUT2D eigenvalue weighted by Gasteiger charge is -2.43. The lowest BCUT2D eigenvalue weighted by Crippen LogP contribution is -2.59. The Kier molecular flexibility index (Phi) is 13.3. The zero-order valence-electron chi connectivity index (χ0n) is 29.5. The molecule has 0 unspecified atom stereocenters. The van der Waals surface area contributed by atoms with Crippen LogP contribution in [0.1, 0.15) is 69.4 Å². The molecule has 2 fully saturated rings. The molecule has 0 spiro atoms. The van der Waals surface area contributed by atoms with Crippen molar-refractivity contribution in [2.75, 3.05) is 39.3 Å². The number of benzene rings is 3. The van der Waals surface area contributed by atoms with Gasteiger partial charge in [0.25, 0.3) is 0 Å². The van der Waals surface area contributed by atoms with E-state index >= 15 is 0 Å². The molecule has 2 aliphatic heterocycles. The predicted octanol–water partition coefficient (Wildman–Crippen LogP) is 4.55. The first kappa shape index (κ1) is 36.8. The van der Waals surface area contributed by atoms with Crippen molar-refractivity contribution < 1.29 is 19.2 Å². The van der Waals surface area contributed by atoms with Crippen molar-refractivity contribution >= 4 is 34.5 Å². The van der Waals surface area contributed by atoms with Gasteiger partial charge in [-0.2, -0.15) is 0 Å². The fourth-order valence-corrected chi connectivity index (χ4v) is 7.46. The summed E-state index contributed by atoms with van der Waals surface area (Å²) in [7, 11) is 0. The maximum Gasteiger partial charge on any atom is 0.318 e. The number of hydrogen-bond donors (Lipinski definition) is 4. The van der Waals surface area contributed by atoms with Gasteiger partial charge in [-0.05, 0) is 80.3 Å². The van der Waals surface area contributed by atoms with Crippen molar-refractivity contribution in [2.24, 2.45) is 11.1 Å². The fraction of sp³-hybridized carbons (Fsp3) is 0.500. The van der Waals surface area contributed by atoms with E-state index in [2.05, 4.69) is 28.1 Å². The molecule has 50 heavy (non-hydrogen) atoms. The summed E-state index contributed by atoms with van der Waals surface area (Å²) in [6.45, 7) is 4.85. The van der Waals surface area contributed by atoms with Crippen LogP contribution in [-0.4, -0.2) is 84.9 Å². The summed E-state index contributed by atoms with van der Waals surface area (Å²) in [6, 6.07) is 23.1. The summed E-state index contributed by atoms with van der Waals surface area (Å²) >= 11 is 0. The largest absolute Gasteiger partial charge is 0.356 e. The minimum atomic E-state index is -0.809. The molecule has 0 saturated carbocycles. The third-order valence-electron chi connectivity index (χ3n) is 10.2. The molecule has 3 aromatic carbocycles. The van der Waals surface area contributed by atoms with Gasteiger partial charge in [0, 0.05) is 51.6 Å². The first-order valence-corrected chi connectivity index (χ1v) is 18.4. The van der Waals surface area contributed by atoms with Gasteiger partial charge in [-0.1, -0.05) is 79.2 Å². The molecule has 3 aromatic rings. The van der Waals surface area contributed by atoms with Crippen molar-refractivity contribution in [1.29, 1.82) is 0 Å². The van der Waals surface area contributed by atoms with E-state index < -0.39 is 11.5 Å². The molecule has 0 radical (unpaired) electrons. The Balaban J connectivity index is 1.30. The highest BCUT2D eigenvalue weighted by molar-refractivity contribution is 5.90. The highest BCUT2D eigenvalue weighted by Crippen LogP contribution is 2.35. The summed E-state index contributed by atoms with van der Waals surface area (Å²) in [4.78, 5) is 57.9. The number of unbranched alkanes of at least 4 members (excludes halogenated alkanes) is 2. The van der Waals surface area contributed by atoms with Crippen LogP contribution in [-0.2, 0) is 27.2 Å². The minimum absolute atomic E-state index is 0.0245. The fourth-order valence-electron chi connectivity index (χ4n) is 7.46. The summed E-state index contributed by atoms with van der Waals surface area (Å²) in [5, 5.41) is 11.5. The number of carbonyl (C=O) groups excluding carboxylic acids is 4. The van der Waals surface area contributed by atoms with Crippen LogP contribution >= 0.6 is 0 Å². The zero-order valence-corrected chi connectivity index (χ0v) is 29.5. The third-order valence-corrected chi connectivity index (χ3v) is 10.2. The van der Waals surface area contributed by atoms with Crippen LogP contribution in [0.15, 0.2) is 72.8 Å². The number of nitrogens with two attached hydrogens (primary N) is 1. The highest BCUT2D eigenvalue weighted by atomic mass is 16.2. The lowest BCUT2D eigenvalue weighted by atomic mass is 9.74. The van der Waals surface area contributed by atoms with Crippen molar-refractivity contribution in [3.63, 3.8) is 0 Å². The average molecular weight is 683 g/mol. The SMILES string of the molecule is CCNC(=O)[C@]1(Cc2ccccc2)CCCN(C(=O)[C@@H](Cc2ccc3ccccc3c2)NC(=O)N2CCC(NC(=O)CCCCCN)CC2)C1. The van der Waals surface area contributed by atoms with Crippen LogP contribution in [0.2, 0.25) is 0 Å². The Labute approximate surface area is 296 Å². The van der Waals surface area contributed by atoms with E-state index in [1.165, 1.54) is 0 Å². The first-order valence-electron chi connectivity index (χ1n) is 18.4. The van der Waals surface area contributed by atoms with Gasteiger partial charge in [0.1, 0.15) is 6.04 Å². The van der Waals surface area contributed by atoms with Crippen LogP contribution in [0, 0.1) is 5.41 Å². The predicted molar refractivity (Wildman–Crippen MR) is 197 cm³/mol. The van der Waals surface area contributed by atoms with Crippen LogP contribution < -0.4 is 21.7 Å². The quantitative estimate of drug-likeness (QED) is 0.185. The summed E-state index contributed by atoms with van der Waals surface area (Å²) in [6.07, 6.45) is 6.73. The summed E-state index contributed by atoms with van der Waals surface area (Å²) in [5.41, 5.74) is 6.80. The minimum Gasteiger partial charge on any atom is -0.356 e. The van der Waals surface area contributed by atoms with E-state index in [9.17, 15) is 19.2 Å². The number of nitrogens with one attached hydrogen (secondary N) is 3. The Morgan fingerprint density at radius 3 is 2.34 bits per heavy atom. The van der Waals surface area contributed by atoms with Crippen LogP contribution in [0.25, 0.3) is 10.8 Å². The van der Waals surface area contributed by atoms with Gasteiger partial charge >= 0.3 is 6.03 Å². The maximum absolute atomic E-state index is 14.5. The van der Waals surface area contributed by atoms with Crippen molar-refractivity contribution in [1.82, 2.24) is 25.8 Å². The second-order valence-corrected chi connectivity index (χ2v) is 14.0. The molecular weight excluding hydrogens is 628 g/mol. The molecule has 268 valence electrons. The molecule has 0 bridgehead atoms. The lowest BCUT2D eigenvalue weighted by molar-refractivity contribution is -0.143. The Morgan fingerprint density at radius 2 is 1.60 bits per heavy atom. The van der Waals surface area contributed by atoms with E-state index in [1.807, 2.05) is 67.6 Å². The van der Waals surface area contributed by atoms with E-state index in [1.54, 1.807) is 9.80 Å². The second kappa shape index (κ2) is 18.0. The number of urea groups is 1. The molecule has 5 rings (SSSR count). The molecule has 2 atom stereocenters. The molecule has 2 heterocycles. The monoisotopic (exact) mass is 682 g/mol. The molecule has 0 aromatic heterocycles. The van der Waals surface area contributed by atoms with Crippen LogP contribution in [0.4, 0.5) is 4.79 Å². The summed E-state index contributed by atoms with van der Waals surface area (Å²) in [5.74, 6) is -0.171. The van der Waals surface area contributed by atoms with Crippen molar-refractivity contribution in [3.8, 4) is 0 Å². The number of rotatable bonds is 14. The van der Waals surface area contributed by atoms with Gasteiger partial charge in [0.05, 0.1) is 5.41 Å². The van der Waals surface area contributed by atoms with E-state index in [4.69, 9.17) is 5.73 Å². The molecule has 10 heteroatoms. The van der Waals surface area contributed by atoms with Gasteiger partial charge in [-0.3, -0.25) is 14.4 Å². The van der Waals surface area contributed by atoms with Crippen molar-refractivity contribution in [2.45, 2.75) is 83.2 Å². The molecule has 0 aliphatic carbocycles. The molecule has 2 aliphatic rings. The van der Waals surface area contributed by atoms with Gasteiger partial charge < -0.3 is 31.5 Å². The number of fused-ring (bicyclic) bond motifs is 1. The number of piperidine rings is 2. The highest BCUT2D eigenvalue weighted by Gasteiger charge is 2.44. The molecule has 10 nitrogen and oxygen atoms in total. The maximum atomic E-state index is 14.5. The Bertz CT molecular complexity index is 1590. The second-order valence-electron chi connectivity index (χ2n) is 14.0. The van der Waals surface area contributed by atoms with E-state index in [0.717, 1.165) is 41.2 Å². The van der Waals surface area contributed by atoms with Crippen molar-refractivity contribution in [3.05, 3.63) is 83.9 Å². The van der Waals surface area contributed by atoms with Crippen LogP contribution in [0.3, 0.4) is 0 Å². The number of nitrogens with zero attached hydrogens (tertiary/aromatic N) is 2. The number of carbonyl (C=O) groups is 4. The normalized spacial score (nSPS) is 18.8. The smallest absolute Gasteiger partial charge is 0.318 e. The van der Waals surface area contributed by atoms with E-state index in [-0.39, 0.29) is 36.3 Å². The molecule has 2 saturated heterocycles. The Morgan fingerprint density at radius 1 is 0.860 bits per heavy atom.